The monoisotopic (exact) mass is 428 g/mol. The Hall–Kier alpha value is -2.93. The second kappa shape index (κ2) is 8.83. The van der Waals surface area contributed by atoms with Gasteiger partial charge in [0.15, 0.2) is 0 Å². The first kappa shape index (κ1) is 20.3. The van der Waals surface area contributed by atoms with Crippen molar-refractivity contribution in [2.75, 3.05) is 13.1 Å². The summed E-state index contributed by atoms with van der Waals surface area (Å²) in [6.07, 6.45) is 4.86. The largest absolute Gasteiger partial charge is 0.349 e. The van der Waals surface area contributed by atoms with Gasteiger partial charge in [-0.2, -0.15) is 0 Å². The van der Waals surface area contributed by atoms with Gasteiger partial charge in [-0.05, 0) is 49.1 Å². The van der Waals surface area contributed by atoms with E-state index in [4.69, 9.17) is 11.6 Å². The highest BCUT2D eigenvalue weighted by Crippen LogP contribution is 2.19. The third kappa shape index (κ3) is 4.62. The van der Waals surface area contributed by atoms with Crippen LogP contribution in [0.1, 0.15) is 35.3 Å². The fourth-order valence-corrected chi connectivity index (χ4v) is 3.92. The van der Waals surface area contributed by atoms with Crippen LogP contribution in [0, 0.1) is 5.82 Å². The van der Waals surface area contributed by atoms with Gasteiger partial charge in [0.05, 0.1) is 11.7 Å². The van der Waals surface area contributed by atoms with Crippen molar-refractivity contribution in [1.82, 2.24) is 20.2 Å². The van der Waals surface area contributed by atoms with Crippen LogP contribution in [0.2, 0.25) is 5.15 Å². The number of H-pyrrole nitrogens is 1. The number of hydrogen-bond donors (Lipinski definition) is 2. The number of carbonyl (C=O) groups is 2. The van der Waals surface area contributed by atoms with Crippen LogP contribution in [0.15, 0.2) is 42.6 Å². The molecule has 1 saturated heterocycles. The molecule has 1 fully saturated rings. The summed E-state index contributed by atoms with van der Waals surface area (Å²) in [6.45, 7) is 1.37. The molecule has 0 unspecified atom stereocenters. The van der Waals surface area contributed by atoms with Gasteiger partial charge in [-0.25, -0.2) is 9.37 Å². The quantitative estimate of drug-likeness (QED) is 0.608. The normalized spacial score (nSPS) is 15.2. The Morgan fingerprint density at radius 1 is 1.17 bits per heavy atom. The smallest absolute Gasteiger partial charge is 0.268 e. The van der Waals surface area contributed by atoms with Crippen LogP contribution in [0.25, 0.3) is 10.9 Å². The number of fused-ring (bicyclic) bond motifs is 1. The van der Waals surface area contributed by atoms with Gasteiger partial charge in [0.2, 0.25) is 5.91 Å². The van der Waals surface area contributed by atoms with Gasteiger partial charge >= 0.3 is 0 Å². The highest BCUT2D eigenvalue weighted by Gasteiger charge is 2.28. The highest BCUT2D eigenvalue weighted by molar-refractivity contribution is 6.30. The molecule has 156 valence electrons. The Kier molecular flexibility index (Phi) is 5.99. The Morgan fingerprint density at radius 2 is 1.90 bits per heavy atom. The third-order valence-corrected chi connectivity index (χ3v) is 5.55. The van der Waals surface area contributed by atoms with Crippen molar-refractivity contribution < 1.29 is 14.0 Å². The second-order valence-electron chi connectivity index (χ2n) is 7.52. The van der Waals surface area contributed by atoms with E-state index in [1.54, 1.807) is 35.4 Å². The number of benzene rings is 1. The summed E-state index contributed by atoms with van der Waals surface area (Å²) in [6, 6.07) is 8.58. The van der Waals surface area contributed by atoms with Crippen molar-refractivity contribution in [2.24, 2.45) is 0 Å². The number of nitrogens with one attached hydrogen (secondary N) is 2. The van der Waals surface area contributed by atoms with E-state index in [-0.39, 0.29) is 24.1 Å². The minimum absolute atomic E-state index is 0.117. The van der Waals surface area contributed by atoms with Gasteiger partial charge < -0.3 is 15.2 Å². The minimum Gasteiger partial charge on any atom is -0.349 e. The Labute approximate surface area is 178 Å². The van der Waals surface area contributed by atoms with E-state index in [2.05, 4.69) is 15.3 Å². The van der Waals surface area contributed by atoms with Gasteiger partial charge in [-0.1, -0.05) is 23.7 Å². The van der Waals surface area contributed by atoms with E-state index < -0.39 is 6.04 Å². The summed E-state index contributed by atoms with van der Waals surface area (Å²) < 4.78 is 13.3. The topological polar surface area (TPSA) is 78.1 Å². The summed E-state index contributed by atoms with van der Waals surface area (Å²) in [5.41, 5.74) is 1.78. The number of nitrogens with zero attached hydrogens (tertiary/aromatic N) is 2. The van der Waals surface area contributed by atoms with Crippen molar-refractivity contribution in [3.05, 3.63) is 64.8 Å². The number of piperidine rings is 1. The molecular formula is C22H22ClFN4O2. The standard InChI is InChI=1S/C22H22ClFN4O2/c23-20-12-15-11-17(26-19(15)13-25-20)21(29)27-18(10-14-4-6-16(24)7-5-14)22(30)28-8-2-1-3-9-28/h4-7,11-13,18,26H,1-3,8-10H2,(H,27,29)/t18-/m0/s1. The van der Waals surface area contributed by atoms with Crippen LogP contribution in [0.4, 0.5) is 4.39 Å². The number of halogens is 2. The lowest BCUT2D eigenvalue weighted by Gasteiger charge is -2.30. The van der Waals surface area contributed by atoms with Crippen LogP contribution in [-0.2, 0) is 11.2 Å². The van der Waals surface area contributed by atoms with E-state index >= 15 is 0 Å². The number of aromatic amines is 1. The van der Waals surface area contributed by atoms with Crippen LogP contribution in [-0.4, -0.2) is 45.8 Å². The van der Waals surface area contributed by atoms with Gasteiger partial charge in [0.25, 0.3) is 5.91 Å². The van der Waals surface area contributed by atoms with Gasteiger partial charge in [-0.3, -0.25) is 9.59 Å². The maximum Gasteiger partial charge on any atom is 0.268 e. The van der Waals surface area contributed by atoms with Crippen molar-refractivity contribution in [1.29, 1.82) is 0 Å². The Bertz CT molecular complexity index is 1060. The average Bonchev–Trinajstić information content (AvgIpc) is 3.18. The van der Waals surface area contributed by atoms with E-state index in [1.165, 1.54) is 12.1 Å². The molecule has 30 heavy (non-hydrogen) atoms. The fourth-order valence-electron chi connectivity index (χ4n) is 3.75. The Morgan fingerprint density at radius 3 is 2.63 bits per heavy atom. The first-order valence-electron chi connectivity index (χ1n) is 9.98. The zero-order valence-corrected chi connectivity index (χ0v) is 17.1. The number of hydrogen-bond acceptors (Lipinski definition) is 3. The number of aromatic nitrogens is 2. The van der Waals surface area contributed by atoms with Gasteiger partial charge in [0, 0.05) is 24.9 Å². The number of amides is 2. The van der Waals surface area contributed by atoms with Crippen molar-refractivity contribution in [2.45, 2.75) is 31.7 Å². The molecule has 0 aliphatic carbocycles. The predicted octanol–water partition coefficient (Wildman–Crippen LogP) is 3.71. The molecule has 3 heterocycles. The van der Waals surface area contributed by atoms with Gasteiger partial charge in [0.1, 0.15) is 22.7 Å². The molecule has 2 aromatic heterocycles. The van der Waals surface area contributed by atoms with Crippen molar-refractivity contribution in [3.8, 4) is 0 Å². The maximum atomic E-state index is 13.3. The summed E-state index contributed by atoms with van der Waals surface area (Å²) in [7, 11) is 0. The zero-order chi connectivity index (χ0) is 21.1. The van der Waals surface area contributed by atoms with Crippen LogP contribution >= 0.6 is 11.6 Å². The average molecular weight is 429 g/mol. The molecule has 0 bridgehead atoms. The first-order valence-corrected chi connectivity index (χ1v) is 10.4. The lowest BCUT2D eigenvalue weighted by molar-refractivity contribution is -0.134. The first-order chi connectivity index (χ1) is 14.5. The van der Waals surface area contributed by atoms with Crippen LogP contribution < -0.4 is 5.32 Å². The van der Waals surface area contributed by atoms with E-state index in [0.29, 0.717) is 29.5 Å². The van der Waals surface area contributed by atoms with Crippen molar-refractivity contribution in [3.63, 3.8) is 0 Å². The number of carbonyl (C=O) groups excluding carboxylic acids is 2. The zero-order valence-electron chi connectivity index (χ0n) is 16.3. The molecule has 2 N–H and O–H groups in total. The Balaban J connectivity index is 1.56. The minimum atomic E-state index is -0.741. The van der Waals surface area contributed by atoms with Gasteiger partial charge in [-0.15, -0.1) is 0 Å². The van der Waals surface area contributed by atoms with E-state index in [1.807, 2.05) is 0 Å². The van der Waals surface area contributed by atoms with E-state index in [0.717, 1.165) is 30.2 Å². The predicted molar refractivity (Wildman–Crippen MR) is 113 cm³/mol. The molecule has 1 atom stereocenters. The maximum absolute atomic E-state index is 13.3. The summed E-state index contributed by atoms with van der Waals surface area (Å²) >= 11 is 5.92. The highest BCUT2D eigenvalue weighted by atomic mass is 35.5. The molecule has 6 nitrogen and oxygen atoms in total. The van der Waals surface area contributed by atoms with Crippen LogP contribution in [0.5, 0.6) is 0 Å². The molecule has 1 aromatic carbocycles. The number of pyridine rings is 1. The number of rotatable bonds is 5. The molecule has 1 aliphatic heterocycles. The molecule has 1 aliphatic rings. The number of likely N-dealkylation sites (tertiary alicyclic amines) is 1. The summed E-state index contributed by atoms with van der Waals surface area (Å²) in [4.78, 5) is 34.9. The van der Waals surface area contributed by atoms with E-state index in [9.17, 15) is 14.0 Å². The summed E-state index contributed by atoms with van der Waals surface area (Å²) in [5.74, 6) is -0.847. The molecule has 0 saturated carbocycles. The molecule has 8 heteroatoms. The molecule has 0 spiro atoms. The third-order valence-electron chi connectivity index (χ3n) is 5.34. The van der Waals surface area contributed by atoms with Crippen LogP contribution in [0.3, 0.4) is 0 Å². The molecule has 4 rings (SSSR count). The summed E-state index contributed by atoms with van der Waals surface area (Å²) in [5, 5.41) is 3.96. The molecular weight excluding hydrogens is 407 g/mol. The second-order valence-corrected chi connectivity index (χ2v) is 7.91. The lowest BCUT2D eigenvalue weighted by atomic mass is 10.0. The SMILES string of the molecule is O=C(N[C@@H](Cc1ccc(F)cc1)C(=O)N1CCCCC1)c1cc2cc(Cl)ncc2[nH]1. The molecule has 2 amide bonds. The van der Waals surface area contributed by atoms with Crippen molar-refractivity contribution >= 4 is 34.3 Å². The lowest BCUT2D eigenvalue weighted by Crippen LogP contribution is -2.51. The fraction of sp³-hybridized carbons (Fsp3) is 0.318. The molecule has 0 radical (unpaired) electrons. The molecule has 3 aromatic rings.